The van der Waals surface area contributed by atoms with Gasteiger partial charge in [0, 0.05) is 5.41 Å². The minimum Gasteiger partial charge on any atom is -0.372 e. The van der Waals surface area contributed by atoms with Gasteiger partial charge in [-0.3, -0.25) is 9.59 Å². The Bertz CT molecular complexity index is 206. The average Bonchev–Trinajstić information content (AvgIpc) is 2.01. The maximum Gasteiger partial charge on any atom is 0.247 e. The summed E-state index contributed by atoms with van der Waals surface area (Å²) in [6.45, 7) is 4.15. The smallest absolute Gasteiger partial charge is 0.247 e. The molecule has 0 rings (SSSR count). The molecule has 0 aromatic heterocycles. The van der Waals surface area contributed by atoms with E-state index in [1.165, 1.54) is 0 Å². The first-order chi connectivity index (χ1) is 6.83. The molecular formula is C9H14Cl2O4. The van der Waals surface area contributed by atoms with E-state index in [2.05, 4.69) is 0 Å². The number of carbonyl (C=O) groups is 2. The van der Waals surface area contributed by atoms with Gasteiger partial charge >= 0.3 is 0 Å². The van der Waals surface area contributed by atoms with Gasteiger partial charge in [-0.1, -0.05) is 13.8 Å². The second-order valence-corrected chi connectivity index (χ2v) is 4.70. The van der Waals surface area contributed by atoms with Crippen LogP contribution in [-0.2, 0) is 19.1 Å². The standard InChI is InChI=1S/C9H14Cl2O4/c1-9(2,5-14-3-7(10)12)6-15-4-8(11)13/h3-6H2,1-2H3. The number of rotatable bonds is 8. The number of hydrogen-bond acceptors (Lipinski definition) is 4. The van der Waals surface area contributed by atoms with E-state index in [0.717, 1.165) is 0 Å². The van der Waals surface area contributed by atoms with Gasteiger partial charge in [0.2, 0.25) is 10.5 Å². The molecular weight excluding hydrogens is 243 g/mol. The third kappa shape index (κ3) is 10.1. The summed E-state index contributed by atoms with van der Waals surface area (Å²) < 4.78 is 10.1. The molecule has 0 saturated carbocycles. The largest absolute Gasteiger partial charge is 0.372 e. The maximum absolute atomic E-state index is 10.4. The van der Waals surface area contributed by atoms with Crippen LogP contribution in [0.2, 0.25) is 0 Å². The molecule has 0 spiro atoms. The van der Waals surface area contributed by atoms with E-state index in [4.69, 9.17) is 32.7 Å². The SMILES string of the molecule is CC(C)(COCC(=O)Cl)COCC(=O)Cl. The van der Waals surface area contributed by atoms with Crippen molar-refractivity contribution in [1.82, 2.24) is 0 Å². The van der Waals surface area contributed by atoms with Crippen molar-refractivity contribution in [2.45, 2.75) is 13.8 Å². The van der Waals surface area contributed by atoms with Crippen LogP contribution in [0.15, 0.2) is 0 Å². The predicted molar refractivity (Wildman–Crippen MR) is 57.1 cm³/mol. The molecule has 0 radical (unpaired) electrons. The molecule has 15 heavy (non-hydrogen) atoms. The summed E-state index contributed by atoms with van der Waals surface area (Å²) in [4.78, 5) is 20.8. The number of carbonyl (C=O) groups excluding carboxylic acids is 2. The summed E-state index contributed by atoms with van der Waals surface area (Å²) in [6.07, 6.45) is 0. The lowest BCUT2D eigenvalue weighted by atomic mass is 9.96. The van der Waals surface area contributed by atoms with Gasteiger partial charge in [0.15, 0.2) is 0 Å². The highest BCUT2D eigenvalue weighted by molar-refractivity contribution is 6.64. The van der Waals surface area contributed by atoms with E-state index in [1.807, 2.05) is 13.8 Å². The van der Waals surface area contributed by atoms with Crippen LogP contribution in [0.4, 0.5) is 0 Å². The zero-order valence-corrected chi connectivity index (χ0v) is 10.2. The molecule has 0 unspecified atom stereocenters. The first kappa shape index (κ1) is 14.8. The van der Waals surface area contributed by atoms with E-state index in [0.29, 0.717) is 13.2 Å². The third-order valence-electron chi connectivity index (χ3n) is 1.42. The van der Waals surface area contributed by atoms with Gasteiger partial charge in [0.25, 0.3) is 0 Å². The Balaban J connectivity index is 3.66. The summed E-state index contributed by atoms with van der Waals surface area (Å²) in [5.74, 6) is 0. The molecule has 0 aliphatic heterocycles. The van der Waals surface area contributed by atoms with Crippen LogP contribution in [0.3, 0.4) is 0 Å². The zero-order valence-electron chi connectivity index (χ0n) is 8.72. The Morgan fingerprint density at radius 2 is 1.33 bits per heavy atom. The van der Waals surface area contributed by atoms with Crippen LogP contribution >= 0.6 is 23.2 Å². The van der Waals surface area contributed by atoms with Crippen molar-refractivity contribution < 1.29 is 19.1 Å². The fourth-order valence-electron chi connectivity index (χ4n) is 0.857. The molecule has 4 nitrogen and oxygen atoms in total. The fourth-order valence-corrected chi connectivity index (χ4v) is 1.01. The molecule has 0 atom stereocenters. The van der Waals surface area contributed by atoms with Crippen molar-refractivity contribution in [2.75, 3.05) is 26.4 Å². The van der Waals surface area contributed by atoms with Crippen LogP contribution in [0, 0.1) is 5.41 Å². The van der Waals surface area contributed by atoms with Gasteiger partial charge in [-0.25, -0.2) is 0 Å². The van der Waals surface area contributed by atoms with Crippen molar-refractivity contribution >= 4 is 33.7 Å². The summed E-state index contributed by atoms with van der Waals surface area (Å²) in [6, 6.07) is 0. The van der Waals surface area contributed by atoms with Crippen LogP contribution < -0.4 is 0 Å². The first-order valence-corrected chi connectivity index (χ1v) is 5.11. The summed E-state index contributed by atoms with van der Waals surface area (Å²) >= 11 is 10.2. The van der Waals surface area contributed by atoms with Crippen molar-refractivity contribution in [2.24, 2.45) is 5.41 Å². The molecule has 0 bridgehead atoms. The molecule has 0 saturated heterocycles. The van der Waals surface area contributed by atoms with Crippen LogP contribution in [0.25, 0.3) is 0 Å². The third-order valence-corrected chi connectivity index (χ3v) is 1.63. The summed E-state index contributed by atoms with van der Waals surface area (Å²) in [7, 11) is 0. The minimum atomic E-state index is -0.539. The average molecular weight is 257 g/mol. The lowest BCUT2D eigenvalue weighted by Crippen LogP contribution is -2.27. The maximum atomic E-state index is 10.4. The molecule has 6 heteroatoms. The number of hydrogen-bond donors (Lipinski definition) is 0. The van der Waals surface area contributed by atoms with E-state index < -0.39 is 10.5 Å². The molecule has 0 fully saturated rings. The normalized spacial score (nSPS) is 11.5. The number of ether oxygens (including phenoxy) is 2. The molecule has 0 amide bonds. The molecule has 0 aliphatic carbocycles. The van der Waals surface area contributed by atoms with E-state index in [-0.39, 0.29) is 18.6 Å². The van der Waals surface area contributed by atoms with E-state index >= 15 is 0 Å². The van der Waals surface area contributed by atoms with Crippen molar-refractivity contribution in [1.29, 1.82) is 0 Å². The topological polar surface area (TPSA) is 52.6 Å². The van der Waals surface area contributed by atoms with Gasteiger partial charge in [0.05, 0.1) is 13.2 Å². The van der Waals surface area contributed by atoms with Crippen LogP contribution in [0.5, 0.6) is 0 Å². The Morgan fingerprint density at radius 3 is 1.60 bits per heavy atom. The lowest BCUT2D eigenvalue weighted by molar-refractivity contribution is -0.119. The van der Waals surface area contributed by atoms with Crippen molar-refractivity contribution in [3.63, 3.8) is 0 Å². The Hall–Kier alpha value is -0.160. The summed E-state index contributed by atoms with van der Waals surface area (Å²) in [5, 5.41) is -1.08. The van der Waals surface area contributed by atoms with Gasteiger partial charge < -0.3 is 9.47 Å². The molecule has 0 aromatic rings. The van der Waals surface area contributed by atoms with Gasteiger partial charge in [-0.15, -0.1) is 0 Å². The minimum absolute atomic E-state index is 0.126. The zero-order chi connectivity index (χ0) is 11.9. The second kappa shape index (κ2) is 7.17. The molecule has 0 N–H and O–H groups in total. The monoisotopic (exact) mass is 256 g/mol. The number of halogens is 2. The van der Waals surface area contributed by atoms with E-state index in [1.54, 1.807) is 0 Å². The predicted octanol–water partition coefficient (Wildman–Crippen LogP) is 1.58. The van der Waals surface area contributed by atoms with Crippen LogP contribution in [-0.4, -0.2) is 36.9 Å². The quantitative estimate of drug-likeness (QED) is 0.619. The molecule has 88 valence electrons. The molecule has 0 heterocycles. The highest BCUT2D eigenvalue weighted by Gasteiger charge is 2.19. The van der Waals surface area contributed by atoms with Crippen molar-refractivity contribution in [3.05, 3.63) is 0 Å². The Labute approximate surface area is 98.8 Å². The van der Waals surface area contributed by atoms with E-state index in [9.17, 15) is 9.59 Å². The summed E-state index contributed by atoms with van der Waals surface area (Å²) in [5.41, 5.74) is -0.293. The highest BCUT2D eigenvalue weighted by Crippen LogP contribution is 2.15. The molecule has 0 aliphatic rings. The van der Waals surface area contributed by atoms with Gasteiger partial charge in [-0.05, 0) is 23.2 Å². The van der Waals surface area contributed by atoms with Crippen LogP contribution in [0.1, 0.15) is 13.8 Å². The Kier molecular flexibility index (Phi) is 7.09. The van der Waals surface area contributed by atoms with Gasteiger partial charge in [0.1, 0.15) is 13.2 Å². The Morgan fingerprint density at radius 1 is 1.00 bits per heavy atom. The second-order valence-electron chi connectivity index (χ2n) is 3.86. The van der Waals surface area contributed by atoms with Gasteiger partial charge in [-0.2, -0.15) is 0 Å². The highest BCUT2D eigenvalue weighted by atomic mass is 35.5. The van der Waals surface area contributed by atoms with Crippen molar-refractivity contribution in [3.8, 4) is 0 Å². The lowest BCUT2D eigenvalue weighted by Gasteiger charge is -2.23. The first-order valence-electron chi connectivity index (χ1n) is 4.36. The fraction of sp³-hybridized carbons (Fsp3) is 0.778. The molecule has 0 aromatic carbocycles.